The van der Waals surface area contributed by atoms with Gasteiger partial charge in [0.2, 0.25) is 0 Å². The van der Waals surface area contributed by atoms with Crippen LogP contribution in [0.3, 0.4) is 0 Å². The van der Waals surface area contributed by atoms with Crippen molar-refractivity contribution in [1.29, 1.82) is 0 Å². The topological polar surface area (TPSA) is 64.6 Å². The molecule has 1 aliphatic heterocycles. The number of rotatable bonds is 5. The van der Waals surface area contributed by atoms with E-state index >= 15 is 0 Å². The van der Waals surface area contributed by atoms with Gasteiger partial charge in [0.05, 0.1) is 11.6 Å². The van der Waals surface area contributed by atoms with Gasteiger partial charge in [-0.15, -0.1) is 0 Å². The molecule has 3 aromatic carbocycles. The van der Waals surface area contributed by atoms with Crippen molar-refractivity contribution < 1.29 is 19.1 Å². The molecule has 0 saturated carbocycles. The predicted octanol–water partition coefficient (Wildman–Crippen LogP) is 4.09. The third-order valence-electron chi connectivity index (χ3n) is 4.87. The van der Waals surface area contributed by atoms with Gasteiger partial charge in [0.15, 0.2) is 0 Å². The van der Waals surface area contributed by atoms with Crippen LogP contribution in [0.5, 0.6) is 11.5 Å². The van der Waals surface area contributed by atoms with Gasteiger partial charge in [-0.3, -0.25) is 9.59 Å². The first kappa shape index (κ1) is 18.7. The number of hydrogen-bond acceptors (Lipinski definition) is 4. The van der Waals surface area contributed by atoms with Crippen LogP contribution in [0.2, 0.25) is 0 Å². The van der Waals surface area contributed by atoms with Crippen molar-refractivity contribution in [1.82, 2.24) is 5.32 Å². The summed E-state index contributed by atoms with van der Waals surface area (Å²) >= 11 is 0. The van der Waals surface area contributed by atoms with E-state index in [1.165, 1.54) is 6.92 Å². The average Bonchev–Trinajstić information content (AvgIpc) is 3.16. The molecule has 4 rings (SSSR count). The molecule has 3 aromatic rings. The minimum absolute atomic E-state index is 0.236. The van der Waals surface area contributed by atoms with E-state index in [0.717, 1.165) is 16.9 Å². The molecule has 0 spiro atoms. The molecule has 0 aliphatic carbocycles. The summed E-state index contributed by atoms with van der Waals surface area (Å²) in [7, 11) is 0. The minimum Gasteiger partial charge on any atom is -0.487 e. The maximum absolute atomic E-state index is 13.1. The van der Waals surface area contributed by atoms with Crippen LogP contribution in [0.15, 0.2) is 78.9 Å². The Kier molecular flexibility index (Phi) is 5.29. The molecule has 2 atom stereocenters. The van der Waals surface area contributed by atoms with Crippen LogP contribution >= 0.6 is 0 Å². The van der Waals surface area contributed by atoms with Crippen LogP contribution in [0.1, 0.15) is 34.5 Å². The SMILES string of the molecule is CC(=O)Oc1ccccc1C(=O)NC(c1ccccc1)C1Cc2ccccc2O1. The lowest BCUT2D eigenvalue weighted by Crippen LogP contribution is -2.38. The summed E-state index contributed by atoms with van der Waals surface area (Å²) in [4.78, 5) is 24.5. The first-order chi connectivity index (χ1) is 14.1. The summed E-state index contributed by atoms with van der Waals surface area (Å²) in [6.45, 7) is 1.31. The molecule has 0 aromatic heterocycles. The molecule has 29 heavy (non-hydrogen) atoms. The largest absolute Gasteiger partial charge is 0.487 e. The van der Waals surface area contributed by atoms with E-state index in [1.54, 1.807) is 24.3 Å². The van der Waals surface area contributed by atoms with Gasteiger partial charge in [0, 0.05) is 13.3 Å². The molecule has 1 N–H and O–H groups in total. The smallest absolute Gasteiger partial charge is 0.308 e. The number of benzene rings is 3. The second-order valence-electron chi connectivity index (χ2n) is 6.92. The molecule has 1 heterocycles. The zero-order chi connectivity index (χ0) is 20.2. The van der Waals surface area contributed by atoms with Gasteiger partial charge < -0.3 is 14.8 Å². The third kappa shape index (κ3) is 4.14. The normalized spacial score (nSPS) is 15.7. The minimum atomic E-state index is -0.473. The van der Waals surface area contributed by atoms with E-state index in [-0.39, 0.29) is 23.8 Å². The van der Waals surface area contributed by atoms with Crippen molar-refractivity contribution >= 4 is 11.9 Å². The van der Waals surface area contributed by atoms with Crippen molar-refractivity contribution in [2.45, 2.75) is 25.5 Å². The van der Waals surface area contributed by atoms with E-state index in [0.29, 0.717) is 12.0 Å². The van der Waals surface area contributed by atoms with Crippen LogP contribution in [-0.2, 0) is 11.2 Å². The Morgan fingerprint density at radius 2 is 1.66 bits per heavy atom. The van der Waals surface area contributed by atoms with Crippen molar-refractivity contribution in [2.75, 3.05) is 0 Å². The fraction of sp³-hybridized carbons (Fsp3) is 0.167. The summed E-state index contributed by atoms with van der Waals surface area (Å²) in [5.74, 6) is 0.280. The van der Waals surface area contributed by atoms with Gasteiger partial charge in [0.25, 0.3) is 5.91 Å². The molecule has 1 aliphatic rings. The highest BCUT2D eigenvalue weighted by Crippen LogP contribution is 2.34. The van der Waals surface area contributed by atoms with Gasteiger partial charge in [-0.25, -0.2) is 0 Å². The summed E-state index contributed by atoms with van der Waals surface area (Å²) in [6, 6.07) is 24.0. The summed E-state index contributed by atoms with van der Waals surface area (Å²) in [5.41, 5.74) is 2.37. The van der Waals surface area contributed by atoms with Crippen LogP contribution in [0.4, 0.5) is 0 Å². The fourth-order valence-corrected chi connectivity index (χ4v) is 3.56. The maximum atomic E-state index is 13.1. The Morgan fingerprint density at radius 3 is 2.41 bits per heavy atom. The van der Waals surface area contributed by atoms with Gasteiger partial charge >= 0.3 is 5.97 Å². The molecular formula is C24H21NO4. The lowest BCUT2D eigenvalue weighted by atomic mass is 9.97. The average molecular weight is 387 g/mol. The number of amides is 1. The van der Waals surface area contributed by atoms with Gasteiger partial charge in [0.1, 0.15) is 17.6 Å². The highest BCUT2D eigenvalue weighted by atomic mass is 16.5. The van der Waals surface area contributed by atoms with Gasteiger partial charge in [-0.2, -0.15) is 0 Å². The number of carbonyl (C=O) groups excluding carboxylic acids is 2. The zero-order valence-electron chi connectivity index (χ0n) is 16.0. The monoisotopic (exact) mass is 387 g/mol. The number of ether oxygens (including phenoxy) is 2. The Morgan fingerprint density at radius 1 is 0.966 bits per heavy atom. The second-order valence-corrected chi connectivity index (χ2v) is 6.92. The number of fused-ring (bicyclic) bond motifs is 1. The molecule has 5 nitrogen and oxygen atoms in total. The Balaban J connectivity index is 1.62. The first-order valence-electron chi connectivity index (χ1n) is 9.49. The van der Waals surface area contributed by atoms with E-state index in [1.807, 2.05) is 54.6 Å². The van der Waals surface area contributed by atoms with Gasteiger partial charge in [-0.1, -0.05) is 60.7 Å². The van der Waals surface area contributed by atoms with Crippen LogP contribution in [0.25, 0.3) is 0 Å². The molecular weight excluding hydrogens is 366 g/mol. The standard InChI is InChI=1S/C24H21NO4/c1-16(26)28-21-14-8-6-12-19(21)24(27)25-23(17-9-3-2-4-10-17)22-15-18-11-5-7-13-20(18)29-22/h2-14,22-23H,15H2,1H3,(H,25,27). The number of nitrogens with one attached hydrogen (secondary N) is 1. The summed E-state index contributed by atoms with van der Waals surface area (Å²) in [5, 5.41) is 3.08. The summed E-state index contributed by atoms with van der Waals surface area (Å²) < 4.78 is 11.4. The quantitative estimate of drug-likeness (QED) is 0.529. The van der Waals surface area contributed by atoms with Crippen LogP contribution in [-0.4, -0.2) is 18.0 Å². The van der Waals surface area contributed by atoms with Crippen molar-refractivity contribution in [3.05, 3.63) is 95.6 Å². The maximum Gasteiger partial charge on any atom is 0.308 e. The van der Waals surface area contributed by atoms with E-state index in [4.69, 9.17) is 9.47 Å². The van der Waals surface area contributed by atoms with Crippen molar-refractivity contribution in [3.8, 4) is 11.5 Å². The molecule has 0 radical (unpaired) electrons. The Labute approximate surface area is 169 Å². The Hall–Kier alpha value is -3.60. The zero-order valence-corrected chi connectivity index (χ0v) is 16.0. The highest BCUT2D eigenvalue weighted by Gasteiger charge is 2.33. The highest BCUT2D eigenvalue weighted by molar-refractivity contribution is 5.97. The van der Waals surface area contributed by atoms with E-state index < -0.39 is 5.97 Å². The molecule has 0 saturated heterocycles. The molecule has 5 heteroatoms. The lowest BCUT2D eigenvalue weighted by molar-refractivity contribution is -0.131. The molecule has 0 bridgehead atoms. The van der Waals surface area contributed by atoms with Crippen LogP contribution in [0, 0.1) is 0 Å². The number of hydrogen-bond donors (Lipinski definition) is 1. The molecule has 2 unspecified atom stereocenters. The predicted molar refractivity (Wildman–Crippen MR) is 109 cm³/mol. The van der Waals surface area contributed by atoms with Crippen LogP contribution < -0.4 is 14.8 Å². The van der Waals surface area contributed by atoms with E-state index in [2.05, 4.69) is 5.32 Å². The molecule has 0 fully saturated rings. The molecule has 146 valence electrons. The van der Waals surface area contributed by atoms with E-state index in [9.17, 15) is 9.59 Å². The number of carbonyl (C=O) groups is 2. The van der Waals surface area contributed by atoms with Crippen molar-refractivity contribution in [2.24, 2.45) is 0 Å². The number of esters is 1. The molecule has 1 amide bonds. The van der Waals surface area contributed by atoms with Gasteiger partial charge in [-0.05, 0) is 29.3 Å². The third-order valence-corrected chi connectivity index (χ3v) is 4.87. The Bertz CT molecular complexity index is 1010. The first-order valence-corrected chi connectivity index (χ1v) is 9.49. The summed E-state index contributed by atoms with van der Waals surface area (Å²) in [6.07, 6.45) is 0.460. The van der Waals surface area contributed by atoms with Crippen molar-refractivity contribution in [3.63, 3.8) is 0 Å². The lowest BCUT2D eigenvalue weighted by Gasteiger charge is -2.25. The second kappa shape index (κ2) is 8.19. The fourth-order valence-electron chi connectivity index (χ4n) is 3.56. The number of para-hydroxylation sites is 2.